The Labute approximate surface area is 165 Å². The predicted octanol–water partition coefficient (Wildman–Crippen LogP) is 4.23. The van der Waals surface area contributed by atoms with Gasteiger partial charge < -0.3 is 9.47 Å². The van der Waals surface area contributed by atoms with Gasteiger partial charge in [0.15, 0.2) is 0 Å². The molecule has 1 N–H and O–H groups in total. The Balaban J connectivity index is 1.80. The maximum absolute atomic E-state index is 12.3. The largest absolute Gasteiger partial charge is 0.496 e. The summed E-state index contributed by atoms with van der Waals surface area (Å²) in [5, 5.41) is 6.10. The summed E-state index contributed by atoms with van der Waals surface area (Å²) in [6.45, 7) is 0. The monoisotopic (exact) mass is 460 g/mol. The number of nitrogens with zero attached hydrogens (tertiary/aromatic N) is 1. The fourth-order valence-electron chi connectivity index (χ4n) is 2.62. The number of nitrogens with one attached hydrogen (secondary N) is 1. The van der Waals surface area contributed by atoms with Crippen molar-refractivity contribution in [2.45, 2.75) is 0 Å². The molecule has 3 rings (SSSR count). The van der Waals surface area contributed by atoms with E-state index in [0.29, 0.717) is 5.56 Å². The van der Waals surface area contributed by atoms with Crippen molar-refractivity contribution in [3.8, 4) is 11.5 Å². The van der Waals surface area contributed by atoms with E-state index in [-0.39, 0.29) is 5.91 Å². The van der Waals surface area contributed by atoms with E-state index in [1.807, 2.05) is 36.4 Å². The van der Waals surface area contributed by atoms with Gasteiger partial charge in [0.05, 0.1) is 24.0 Å². The topological polar surface area (TPSA) is 59.9 Å². The molecular weight excluding hydrogens is 443 g/mol. The fourth-order valence-corrected chi connectivity index (χ4v) is 3.35. The van der Waals surface area contributed by atoms with Gasteiger partial charge in [0.2, 0.25) is 0 Å². The first-order valence-electron chi connectivity index (χ1n) is 7.86. The van der Waals surface area contributed by atoms with Gasteiger partial charge in [0.25, 0.3) is 5.91 Å². The molecule has 3 aromatic rings. The molecule has 0 aliphatic carbocycles. The molecule has 0 bridgehead atoms. The number of benzene rings is 3. The van der Waals surface area contributed by atoms with Crippen molar-refractivity contribution in [2.24, 2.45) is 5.10 Å². The van der Waals surface area contributed by atoms with E-state index in [1.54, 1.807) is 38.6 Å². The molecule has 0 saturated carbocycles. The SMILES string of the molecule is COc1ccc(C(=O)N/N=C\c2ccc(OC)c3ccccc23)cc1I. The second-order valence-corrected chi connectivity index (χ2v) is 6.61. The normalized spacial score (nSPS) is 10.9. The Hall–Kier alpha value is -2.61. The lowest BCUT2D eigenvalue weighted by molar-refractivity contribution is 0.0955. The van der Waals surface area contributed by atoms with Crippen LogP contribution in [0.3, 0.4) is 0 Å². The van der Waals surface area contributed by atoms with Gasteiger partial charge in [-0.2, -0.15) is 5.10 Å². The highest BCUT2D eigenvalue weighted by atomic mass is 127. The van der Waals surface area contributed by atoms with Gasteiger partial charge in [-0.25, -0.2) is 5.43 Å². The van der Waals surface area contributed by atoms with Crippen LogP contribution in [0.5, 0.6) is 11.5 Å². The molecule has 26 heavy (non-hydrogen) atoms. The number of halogens is 1. The number of ether oxygens (including phenoxy) is 2. The van der Waals surface area contributed by atoms with Crippen LogP contribution in [0.1, 0.15) is 15.9 Å². The minimum absolute atomic E-state index is 0.278. The first-order chi connectivity index (χ1) is 12.6. The van der Waals surface area contributed by atoms with Gasteiger partial charge in [-0.05, 0) is 58.3 Å². The second-order valence-electron chi connectivity index (χ2n) is 5.45. The summed E-state index contributed by atoms with van der Waals surface area (Å²) in [7, 11) is 3.24. The number of rotatable bonds is 5. The van der Waals surface area contributed by atoms with E-state index < -0.39 is 0 Å². The molecule has 6 heteroatoms. The van der Waals surface area contributed by atoms with Crippen LogP contribution < -0.4 is 14.9 Å². The summed E-state index contributed by atoms with van der Waals surface area (Å²) in [4.78, 5) is 12.3. The van der Waals surface area contributed by atoms with Crippen LogP contribution in [-0.4, -0.2) is 26.3 Å². The van der Waals surface area contributed by atoms with E-state index in [2.05, 4.69) is 33.1 Å². The predicted molar refractivity (Wildman–Crippen MR) is 111 cm³/mol. The number of carbonyl (C=O) groups is 1. The number of amides is 1. The first kappa shape index (κ1) is 18.2. The number of hydrazone groups is 1. The van der Waals surface area contributed by atoms with Crippen molar-refractivity contribution in [1.29, 1.82) is 0 Å². The lowest BCUT2D eigenvalue weighted by atomic mass is 10.0. The molecule has 0 unspecified atom stereocenters. The first-order valence-corrected chi connectivity index (χ1v) is 8.94. The summed E-state index contributed by atoms with van der Waals surface area (Å²) in [6.07, 6.45) is 1.63. The molecule has 1 amide bonds. The minimum atomic E-state index is -0.278. The average Bonchev–Trinajstić information content (AvgIpc) is 2.67. The van der Waals surface area contributed by atoms with Crippen LogP contribution in [-0.2, 0) is 0 Å². The molecule has 0 aromatic heterocycles. The Bertz CT molecular complexity index is 986. The molecule has 0 atom stereocenters. The third-order valence-electron chi connectivity index (χ3n) is 3.92. The van der Waals surface area contributed by atoms with Crippen LogP contribution in [0.25, 0.3) is 10.8 Å². The molecule has 5 nitrogen and oxygen atoms in total. The minimum Gasteiger partial charge on any atom is -0.496 e. The zero-order valence-corrected chi connectivity index (χ0v) is 16.5. The molecule has 0 heterocycles. The number of methoxy groups -OCH3 is 2. The summed E-state index contributed by atoms with van der Waals surface area (Å²) >= 11 is 2.13. The third kappa shape index (κ3) is 3.80. The van der Waals surface area contributed by atoms with Crippen LogP contribution in [0.15, 0.2) is 59.7 Å². The van der Waals surface area contributed by atoms with E-state index in [1.165, 1.54) is 0 Å². The Morgan fingerprint density at radius 3 is 2.38 bits per heavy atom. The summed E-state index contributed by atoms with van der Waals surface area (Å²) in [5.74, 6) is 1.25. The van der Waals surface area contributed by atoms with Crippen LogP contribution >= 0.6 is 22.6 Å². The third-order valence-corrected chi connectivity index (χ3v) is 4.76. The van der Waals surface area contributed by atoms with Crippen LogP contribution in [0, 0.1) is 3.57 Å². The molecule has 0 fully saturated rings. The van der Waals surface area contributed by atoms with E-state index in [0.717, 1.165) is 31.4 Å². The highest BCUT2D eigenvalue weighted by Crippen LogP contribution is 2.27. The van der Waals surface area contributed by atoms with Crippen molar-refractivity contribution in [3.63, 3.8) is 0 Å². The quantitative estimate of drug-likeness (QED) is 0.353. The molecular formula is C20H17IN2O3. The zero-order chi connectivity index (χ0) is 18.5. The molecule has 3 aromatic carbocycles. The van der Waals surface area contributed by atoms with Gasteiger partial charge in [-0.3, -0.25) is 4.79 Å². The standard InChI is InChI=1S/C20H17IN2O3/c1-25-18-9-8-14(15-5-3-4-6-16(15)18)12-22-23-20(24)13-7-10-19(26-2)17(21)11-13/h3-12H,1-2H3,(H,23,24)/b22-12-. The summed E-state index contributed by atoms with van der Waals surface area (Å²) in [6, 6.07) is 16.9. The average molecular weight is 460 g/mol. The molecule has 0 aliphatic rings. The highest BCUT2D eigenvalue weighted by Gasteiger charge is 2.08. The van der Waals surface area contributed by atoms with Gasteiger partial charge in [-0.1, -0.05) is 24.3 Å². The maximum Gasteiger partial charge on any atom is 0.271 e. The fraction of sp³-hybridized carbons (Fsp3) is 0.100. The Morgan fingerprint density at radius 1 is 1.00 bits per heavy atom. The van der Waals surface area contributed by atoms with E-state index in [9.17, 15) is 4.79 Å². The number of fused-ring (bicyclic) bond motifs is 1. The summed E-state index contributed by atoms with van der Waals surface area (Å²) < 4.78 is 11.5. The van der Waals surface area contributed by atoms with Crippen molar-refractivity contribution in [3.05, 3.63) is 69.3 Å². The summed E-state index contributed by atoms with van der Waals surface area (Å²) in [5.41, 5.74) is 3.98. The van der Waals surface area contributed by atoms with Gasteiger partial charge in [-0.15, -0.1) is 0 Å². The lowest BCUT2D eigenvalue weighted by Gasteiger charge is -2.08. The van der Waals surface area contributed by atoms with E-state index in [4.69, 9.17) is 9.47 Å². The molecule has 0 radical (unpaired) electrons. The van der Waals surface area contributed by atoms with Crippen LogP contribution in [0.4, 0.5) is 0 Å². The Morgan fingerprint density at radius 2 is 1.69 bits per heavy atom. The van der Waals surface area contributed by atoms with Gasteiger partial charge in [0, 0.05) is 16.5 Å². The van der Waals surface area contributed by atoms with Gasteiger partial charge >= 0.3 is 0 Å². The van der Waals surface area contributed by atoms with Gasteiger partial charge in [0.1, 0.15) is 11.5 Å². The maximum atomic E-state index is 12.3. The smallest absolute Gasteiger partial charge is 0.271 e. The number of carbonyl (C=O) groups excluding carboxylic acids is 1. The van der Waals surface area contributed by atoms with E-state index >= 15 is 0 Å². The lowest BCUT2D eigenvalue weighted by Crippen LogP contribution is -2.17. The van der Waals surface area contributed by atoms with Crippen LogP contribution in [0.2, 0.25) is 0 Å². The molecule has 0 aliphatic heterocycles. The Kier molecular flexibility index (Phi) is 5.72. The molecule has 0 spiro atoms. The molecule has 132 valence electrons. The number of hydrogen-bond donors (Lipinski definition) is 1. The second kappa shape index (κ2) is 8.18. The van der Waals surface area contributed by atoms with Crippen molar-refractivity contribution >= 4 is 45.5 Å². The van der Waals surface area contributed by atoms with Crippen molar-refractivity contribution in [1.82, 2.24) is 5.43 Å². The molecule has 0 saturated heterocycles. The number of hydrogen-bond acceptors (Lipinski definition) is 4. The zero-order valence-electron chi connectivity index (χ0n) is 14.3. The van der Waals surface area contributed by atoms with Crippen molar-refractivity contribution < 1.29 is 14.3 Å². The van der Waals surface area contributed by atoms with Crippen molar-refractivity contribution in [2.75, 3.05) is 14.2 Å². The highest BCUT2D eigenvalue weighted by molar-refractivity contribution is 14.1.